The first-order chi connectivity index (χ1) is 16.2. The first-order valence-corrected chi connectivity index (χ1v) is 11.3. The Morgan fingerprint density at radius 1 is 1.09 bits per heavy atom. The molecule has 0 unspecified atom stereocenters. The number of para-hydroxylation sites is 1. The highest BCUT2D eigenvalue weighted by atomic mass is 15.2. The molecular formula is C25H26N8. The first-order valence-electron chi connectivity index (χ1n) is 11.3. The summed E-state index contributed by atoms with van der Waals surface area (Å²) in [5.41, 5.74) is 6.76. The van der Waals surface area contributed by atoms with Gasteiger partial charge in [0, 0.05) is 53.4 Å². The molecule has 0 fully saturated rings. The van der Waals surface area contributed by atoms with Gasteiger partial charge in [0.2, 0.25) is 5.95 Å². The van der Waals surface area contributed by atoms with E-state index >= 15 is 0 Å². The topological polar surface area (TPSA) is 97.5 Å². The Kier molecular flexibility index (Phi) is 4.92. The fraction of sp³-hybridized carbons (Fsp3) is 0.240. The third kappa shape index (κ3) is 3.89. The number of hydrogen-bond acceptors (Lipinski definition) is 6. The van der Waals surface area contributed by atoms with Crippen molar-refractivity contribution in [3.8, 4) is 0 Å². The minimum absolute atomic E-state index is 0.663. The molecule has 0 saturated carbocycles. The lowest BCUT2D eigenvalue weighted by Gasteiger charge is -2.26. The second kappa shape index (κ2) is 8.22. The van der Waals surface area contributed by atoms with E-state index in [2.05, 4.69) is 74.3 Å². The Labute approximate surface area is 191 Å². The lowest BCUT2D eigenvalue weighted by atomic mass is 10.1. The molecule has 0 radical (unpaired) electrons. The number of fused-ring (bicyclic) bond motifs is 3. The van der Waals surface area contributed by atoms with Gasteiger partial charge in [0.15, 0.2) is 0 Å². The predicted molar refractivity (Wildman–Crippen MR) is 132 cm³/mol. The maximum absolute atomic E-state index is 4.87. The monoisotopic (exact) mass is 438 g/mol. The average Bonchev–Trinajstić information content (AvgIpc) is 3.46. The van der Waals surface area contributed by atoms with Gasteiger partial charge in [0.25, 0.3) is 0 Å². The summed E-state index contributed by atoms with van der Waals surface area (Å²) in [4.78, 5) is 15.4. The molecule has 8 heteroatoms. The van der Waals surface area contributed by atoms with Crippen LogP contribution < -0.4 is 10.6 Å². The summed E-state index contributed by atoms with van der Waals surface area (Å²) in [5.74, 6) is 1.54. The van der Waals surface area contributed by atoms with Gasteiger partial charge >= 0.3 is 0 Å². The molecule has 8 nitrogen and oxygen atoms in total. The Morgan fingerprint density at radius 3 is 3.00 bits per heavy atom. The largest absolute Gasteiger partial charge is 0.361 e. The van der Waals surface area contributed by atoms with E-state index in [1.807, 2.05) is 18.3 Å². The van der Waals surface area contributed by atoms with Crippen molar-refractivity contribution in [3.63, 3.8) is 0 Å². The van der Waals surface area contributed by atoms with Crippen LogP contribution in [0.1, 0.15) is 16.8 Å². The quantitative estimate of drug-likeness (QED) is 0.317. The van der Waals surface area contributed by atoms with E-state index in [1.54, 1.807) is 0 Å². The number of benzene rings is 2. The van der Waals surface area contributed by atoms with Crippen molar-refractivity contribution < 1.29 is 0 Å². The van der Waals surface area contributed by atoms with Crippen molar-refractivity contribution in [2.24, 2.45) is 0 Å². The van der Waals surface area contributed by atoms with Crippen LogP contribution in [0.25, 0.3) is 21.8 Å². The van der Waals surface area contributed by atoms with Gasteiger partial charge in [-0.05, 0) is 49.7 Å². The van der Waals surface area contributed by atoms with Gasteiger partial charge < -0.3 is 20.5 Å². The molecule has 1 aliphatic rings. The van der Waals surface area contributed by atoms with Gasteiger partial charge in [-0.2, -0.15) is 10.1 Å². The number of hydrogen-bond donors (Lipinski definition) is 4. The molecule has 0 amide bonds. The molecule has 0 atom stereocenters. The zero-order valence-corrected chi connectivity index (χ0v) is 18.5. The Hall–Kier alpha value is -3.91. The van der Waals surface area contributed by atoms with Crippen molar-refractivity contribution in [1.82, 2.24) is 30.0 Å². The fourth-order valence-corrected chi connectivity index (χ4v) is 4.55. The third-order valence-electron chi connectivity index (χ3n) is 6.31. The van der Waals surface area contributed by atoms with Crippen LogP contribution in [0.3, 0.4) is 0 Å². The van der Waals surface area contributed by atoms with Crippen LogP contribution in [0.2, 0.25) is 0 Å². The number of H-pyrrole nitrogens is 2. The van der Waals surface area contributed by atoms with Crippen molar-refractivity contribution in [3.05, 3.63) is 71.7 Å². The lowest BCUT2D eigenvalue weighted by molar-refractivity contribution is 0.307. The summed E-state index contributed by atoms with van der Waals surface area (Å²) in [6, 6.07) is 14.6. The van der Waals surface area contributed by atoms with Crippen LogP contribution >= 0.6 is 0 Å². The van der Waals surface area contributed by atoms with Gasteiger partial charge in [-0.15, -0.1) is 0 Å². The third-order valence-corrected chi connectivity index (χ3v) is 6.31. The second-order valence-corrected chi connectivity index (χ2v) is 8.64. The Morgan fingerprint density at radius 2 is 2.03 bits per heavy atom. The van der Waals surface area contributed by atoms with Crippen LogP contribution in [0.4, 0.5) is 17.5 Å². The molecule has 1 aliphatic heterocycles. The number of anilines is 3. The molecule has 6 rings (SSSR count). The number of rotatable bonds is 6. The van der Waals surface area contributed by atoms with Crippen LogP contribution in [-0.4, -0.2) is 50.2 Å². The van der Waals surface area contributed by atoms with Gasteiger partial charge in [0.05, 0.1) is 17.4 Å². The van der Waals surface area contributed by atoms with Gasteiger partial charge in [-0.3, -0.25) is 5.10 Å². The number of aromatic amines is 2. The molecule has 0 spiro atoms. The minimum Gasteiger partial charge on any atom is -0.361 e. The zero-order chi connectivity index (χ0) is 22.2. The van der Waals surface area contributed by atoms with E-state index in [0.29, 0.717) is 5.95 Å². The van der Waals surface area contributed by atoms with Crippen LogP contribution in [0, 0.1) is 0 Å². The first kappa shape index (κ1) is 19.8. The molecule has 2 aromatic carbocycles. The van der Waals surface area contributed by atoms with E-state index in [1.165, 1.54) is 22.0 Å². The summed E-state index contributed by atoms with van der Waals surface area (Å²) in [7, 11) is 2.13. The fourth-order valence-electron chi connectivity index (χ4n) is 4.55. The van der Waals surface area contributed by atoms with E-state index in [4.69, 9.17) is 9.97 Å². The van der Waals surface area contributed by atoms with Crippen molar-refractivity contribution >= 4 is 39.3 Å². The van der Waals surface area contributed by atoms with Gasteiger partial charge in [-0.25, -0.2) is 4.98 Å². The summed E-state index contributed by atoms with van der Waals surface area (Å²) >= 11 is 0. The molecule has 3 aromatic heterocycles. The smallest absolute Gasteiger partial charge is 0.224 e. The number of nitrogens with zero attached hydrogens (tertiary/aromatic N) is 4. The van der Waals surface area contributed by atoms with E-state index < -0.39 is 0 Å². The molecule has 166 valence electrons. The summed E-state index contributed by atoms with van der Waals surface area (Å²) in [6.07, 6.45) is 5.75. The number of nitrogens with one attached hydrogen (secondary N) is 4. The summed E-state index contributed by atoms with van der Waals surface area (Å²) in [6.45, 7) is 2.58. The lowest BCUT2D eigenvalue weighted by Crippen LogP contribution is -2.29. The van der Waals surface area contributed by atoms with Crippen LogP contribution in [-0.2, 0) is 19.4 Å². The molecule has 33 heavy (non-hydrogen) atoms. The summed E-state index contributed by atoms with van der Waals surface area (Å²) < 4.78 is 0. The average molecular weight is 439 g/mol. The zero-order valence-electron chi connectivity index (χ0n) is 18.5. The van der Waals surface area contributed by atoms with Gasteiger partial charge in [0.1, 0.15) is 5.82 Å². The standard InChI is InChI=1S/C25H26N8/c1-33-11-9-20-23(15-33)30-25(26-10-8-16-13-27-22-5-3-2-4-19(16)22)31-24(20)29-18-6-7-21-17(12-18)14-28-32-21/h2-7,12-14,27H,8-11,15H2,1H3,(H,28,32)(H2,26,29,30,31). The maximum Gasteiger partial charge on any atom is 0.224 e. The summed E-state index contributed by atoms with van der Waals surface area (Å²) in [5, 5.41) is 16.5. The molecule has 0 bridgehead atoms. The van der Waals surface area contributed by atoms with Crippen LogP contribution in [0.5, 0.6) is 0 Å². The highest BCUT2D eigenvalue weighted by Crippen LogP contribution is 2.28. The number of likely N-dealkylation sites (N-methyl/N-ethyl adjacent to an activating group) is 1. The van der Waals surface area contributed by atoms with Crippen molar-refractivity contribution in [2.45, 2.75) is 19.4 Å². The molecule has 5 aromatic rings. The van der Waals surface area contributed by atoms with Crippen molar-refractivity contribution in [2.75, 3.05) is 30.8 Å². The maximum atomic E-state index is 4.87. The SMILES string of the molecule is CN1CCc2c(nc(NCCc3c[nH]c4ccccc34)nc2Nc2ccc3[nH]ncc3c2)C1. The second-order valence-electron chi connectivity index (χ2n) is 8.64. The molecule has 4 heterocycles. The normalized spacial score (nSPS) is 14.0. The number of aromatic nitrogens is 5. The van der Waals surface area contributed by atoms with Crippen LogP contribution in [0.15, 0.2) is 54.9 Å². The molecule has 0 aliphatic carbocycles. The van der Waals surface area contributed by atoms with E-state index in [0.717, 1.165) is 60.6 Å². The highest BCUT2D eigenvalue weighted by molar-refractivity contribution is 5.83. The molecule has 4 N–H and O–H groups in total. The highest BCUT2D eigenvalue weighted by Gasteiger charge is 2.21. The molecule has 0 saturated heterocycles. The Balaban J connectivity index is 1.25. The van der Waals surface area contributed by atoms with Crippen molar-refractivity contribution in [1.29, 1.82) is 0 Å². The predicted octanol–water partition coefficient (Wildman–Crippen LogP) is 4.22. The van der Waals surface area contributed by atoms with E-state index in [-0.39, 0.29) is 0 Å². The minimum atomic E-state index is 0.663. The Bertz CT molecular complexity index is 1430. The molecular weight excluding hydrogens is 412 g/mol. The van der Waals surface area contributed by atoms with Gasteiger partial charge in [-0.1, -0.05) is 18.2 Å². The van der Waals surface area contributed by atoms with E-state index in [9.17, 15) is 0 Å².